The summed E-state index contributed by atoms with van der Waals surface area (Å²) in [6.07, 6.45) is 0.268. The molecule has 15 heavy (non-hydrogen) atoms. The van der Waals surface area contributed by atoms with Crippen LogP contribution < -0.4 is 10.6 Å². The number of hydrogen-bond donors (Lipinski definition) is 2. The van der Waals surface area contributed by atoms with Crippen molar-refractivity contribution in [1.29, 1.82) is 0 Å². The summed E-state index contributed by atoms with van der Waals surface area (Å²) < 4.78 is 0. The second-order valence-corrected chi connectivity index (χ2v) is 4.20. The van der Waals surface area contributed by atoms with Gasteiger partial charge in [0.2, 0.25) is 11.8 Å². The van der Waals surface area contributed by atoms with E-state index < -0.39 is 0 Å². The fourth-order valence-electron chi connectivity index (χ4n) is 1.39. The van der Waals surface area contributed by atoms with Gasteiger partial charge in [-0.3, -0.25) is 14.9 Å². The molecule has 0 aromatic heterocycles. The Hall–Kier alpha value is -0.940. The molecular formula is C10H19N3O2. The van der Waals surface area contributed by atoms with Gasteiger partial charge in [-0.1, -0.05) is 0 Å². The van der Waals surface area contributed by atoms with Crippen molar-refractivity contribution in [3.8, 4) is 0 Å². The molecule has 2 N–H and O–H groups in total. The van der Waals surface area contributed by atoms with E-state index in [0.29, 0.717) is 6.04 Å². The molecule has 0 bridgehead atoms. The van der Waals surface area contributed by atoms with E-state index >= 15 is 0 Å². The Morgan fingerprint density at radius 2 is 2.20 bits per heavy atom. The number of carbonyl (C=O) groups is 2. The molecule has 86 valence electrons. The maximum absolute atomic E-state index is 11.2. The van der Waals surface area contributed by atoms with Gasteiger partial charge in [0.15, 0.2) is 0 Å². The second-order valence-electron chi connectivity index (χ2n) is 4.20. The first-order chi connectivity index (χ1) is 7.00. The summed E-state index contributed by atoms with van der Waals surface area (Å²) in [6.45, 7) is 5.83. The summed E-state index contributed by atoms with van der Waals surface area (Å²) in [4.78, 5) is 24.3. The van der Waals surface area contributed by atoms with Gasteiger partial charge in [-0.25, -0.2) is 0 Å². The molecule has 5 nitrogen and oxygen atoms in total. The fourth-order valence-corrected chi connectivity index (χ4v) is 1.39. The van der Waals surface area contributed by atoms with Crippen LogP contribution in [0.15, 0.2) is 0 Å². The van der Waals surface area contributed by atoms with Crippen molar-refractivity contribution in [2.24, 2.45) is 0 Å². The number of carbonyl (C=O) groups excluding carboxylic acids is 2. The molecule has 0 spiro atoms. The summed E-state index contributed by atoms with van der Waals surface area (Å²) in [5.74, 6) is -0.387. The SMILES string of the molecule is CC(C)N(C)CCNC1CC(=O)NC1=O. The van der Waals surface area contributed by atoms with E-state index in [0.717, 1.165) is 13.1 Å². The van der Waals surface area contributed by atoms with Gasteiger partial charge in [-0.2, -0.15) is 0 Å². The lowest BCUT2D eigenvalue weighted by Crippen LogP contribution is -2.41. The molecule has 1 atom stereocenters. The number of amides is 2. The molecule has 1 rings (SSSR count). The molecule has 1 fully saturated rings. The van der Waals surface area contributed by atoms with Crippen molar-refractivity contribution in [1.82, 2.24) is 15.5 Å². The van der Waals surface area contributed by atoms with Crippen LogP contribution in [0.4, 0.5) is 0 Å². The van der Waals surface area contributed by atoms with Gasteiger partial charge in [0.05, 0.1) is 12.5 Å². The number of imide groups is 1. The van der Waals surface area contributed by atoms with Gasteiger partial charge in [0.1, 0.15) is 0 Å². The highest BCUT2D eigenvalue weighted by molar-refractivity contribution is 6.05. The third-order valence-electron chi connectivity index (χ3n) is 2.71. The Balaban J connectivity index is 2.21. The molecule has 1 unspecified atom stereocenters. The Morgan fingerprint density at radius 1 is 1.53 bits per heavy atom. The van der Waals surface area contributed by atoms with Crippen LogP contribution in [-0.2, 0) is 9.59 Å². The topological polar surface area (TPSA) is 61.4 Å². The van der Waals surface area contributed by atoms with E-state index in [1.54, 1.807) is 0 Å². The van der Waals surface area contributed by atoms with Crippen molar-refractivity contribution in [3.05, 3.63) is 0 Å². The zero-order valence-electron chi connectivity index (χ0n) is 9.54. The van der Waals surface area contributed by atoms with Gasteiger partial charge >= 0.3 is 0 Å². The molecule has 1 aliphatic rings. The molecule has 0 aliphatic carbocycles. The summed E-state index contributed by atoms with van der Waals surface area (Å²) >= 11 is 0. The Labute approximate surface area is 90.2 Å². The molecule has 0 radical (unpaired) electrons. The van der Waals surface area contributed by atoms with Crippen LogP contribution in [0.3, 0.4) is 0 Å². The molecule has 0 aromatic carbocycles. The van der Waals surface area contributed by atoms with Gasteiger partial charge in [-0.05, 0) is 20.9 Å². The highest BCUT2D eigenvalue weighted by atomic mass is 16.2. The maximum atomic E-state index is 11.2. The maximum Gasteiger partial charge on any atom is 0.244 e. The predicted octanol–water partition coefficient (Wildman–Crippen LogP) is -0.669. The zero-order chi connectivity index (χ0) is 11.4. The Bertz CT molecular complexity index is 253. The molecule has 2 amide bonds. The first-order valence-electron chi connectivity index (χ1n) is 5.28. The van der Waals surface area contributed by atoms with Crippen LogP contribution in [0.25, 0.3) is 0 Å². The first-order valence-corrected chi connectivity index (χ1v) is 5.28. The van der Waals surface area contributed by atoms with Crippen LogP contribution in [-0.4, -0.2) is 48.9 Å². The lowest BCUT2D eigenvalue weighted by molar-refractivity contribution is -0.125. The van der Waals surface area contributed by atoms with Gasteiger partial charge in [-0.15, -0.1) is 0 Å². The predicted molar refractivity (Wildman–Crippen MR) is 57.3 cm³/mol. The number of nitrogens with zero attached hydrogens (tertiary/aromatic N) is 1. The molecule has 0 saturated carbocycles. The standard InChI is InChI=1S/C10H19N3O2/c1-7(2)13(3)5-4-11-8-6-9(14)12-10(8)15/h7-8,11H,4-6H2,1-3H3,(H,12,14,15). The fraction of sp³-hybridized carbons (Fsp3) is 0.800. The highest BCUT2D eigenvalue weighted by Gasteiger charge is 2.29. The lowest BCUT2D eigenvalue weighted by atomic mass is 10.2. The average molecular weight is 213 g/mol. The summed E-state index contributed by atoms with van der Waals surface area (Å²) in [6, 6.07) is 0.156. The molecule has 5 heteroatoms. The highest BCUT2D eigenvalue weighted by Crippen LogP contribution is 2.00. The molecule has 1 heterocycles. The minimum Gasteiger partial charge on any atom is -0.304 e. The van der Waals surface area contributed by atoms with Crippen molar-refractivity contribution in [2.45, 2.75) is 32.4 Å². The molecule has 1 saturated heterocycles. The van der Waals surface area contributed by atoms with Gasteiger partial charge < -0.3 is 10.2 Å². The number of likely N-dealkylation sites (N-methyl/N-ethyl adjacent to an activating group) is 1. The van der Waals surface area contributed by atoms with Crippen LogP contribution in [0.5, 0.6) is 0 Å². The van der Waals surface area contributed by atoms with Crippen LogP contribution >= 0.6 is 0 Å². The van der Waals surface area contributed by atoms with Crippen LogP contribution in [0, 0.1) is 0 Å². The van der Waals surface area contributed by atoms with Crippen molar-refractivity contribution >= 4 is 11.8 Å². The molecule has 1 aliphatic heterocycles. The minimum absolute atomic E-state index is 0.185. The first kappa shape index (κ1) is 12.1. The third-order valence-corrected chi connectivity index (χ3v) is 2.71. The van der Waals surface area contributed by atoms with Crippen molar-refractivity contribution in [2.75, 3.05) is 20.1 Å². The molecule has 0 aromatic rings. The molecular weight excluding hydrogens is 194 g/mol. The van der Waals surface area contributed by atoms with Crippen LogP contribution in [0.1, 0.15) is 20.3 Å². The largest absolute Gasteiger partial charge is 0.304 e. The summed E-state index contributed by atoms with van der Waals surface area (Å²) in [7, 11) is 2.03. The second kappa shape index (κ2) is 5.23. The number of hydrogen-bond acceptors (Lipinski definition) is 4. The third kappa shape index (κ3) is 3.60. The van der Waals surface area contributed by atoms with Crippen molar-refractivity contribution in [3.63, 3.8) is 0 Å². The van der Waals surface area contributed by atoms with E-state index in [1.807, 2.05) is 7.05 Å². The van der Waals surface area contributed by atoms with E-state index in [9.17, 15) is 9.59 Å². The van der Waals surface area contributed by atoms with Gasteiger partial charge in [0.25, 0.3) is 0 Å². The Kier molecular flexibility index (Phi) is 4.23. The normalized spacial score (nSPS) is 21.5. The van der Waals surface area contributed by atoms with E-state index in [4.69, 9.17) is 0 Å². The lowest BCUT2D eigenvalue weighted by Gasteiger charge is -2.21. The average Bonchev–Trinajstić information content (AvgIpc) is 2.45. The van der Waals surface area contributed by atoms with E-state index in [-0.39, 0.29) is 24.3 Å². The Morgan fingerprint density at radius 3 is 2.67 bits per heavy atom. The number of rotatable bonds is 5. The van der Waals surface area contributed by atoms with Crippen molar-refractivity contribution < 1.29 is 9.59 Å². The van der Waals surface area contributed by atoms with E-state index in [2.05, 4.69) is 29.4 Å². The summed E-state index contributed by atoms with van der Waals surface area (Å²) in [5.41, 5.74) is 0. The van der Waals surface area contributed by atoms with Crippen LogP contribution in [0.2, 0.25) is 0 Å². The minimum atomic E-state index is -0.335. The summed E-state index contributed by atoms with van der Waals surface area (Å²) in [5, 5.41) is 5.35. The quantitative estimate of drug-likeness (QED) is 0.595. The number of nitrogens with one attached hydrogen (secondary N) is 2. The van der Waals surface area contributed by atoms with Gasteiger partial charge in [0, 0.05) is 19.1 Å². The smallest absolute Gasteiger partial charge is 0.244 e. The monoisotopic (exact) mass is 213 g/mol. The zero-order valence-corrected chi connectivity index (χ0v) is 9.54. The van der Waals surface area contributed by atoms with E-state index in [1.165, 1.54) is 0 Å².